The Hall–Kier alpha value is -3.26. The Labute approximate surface area is 212 Å². The van der Waals surface area contributed by atoms with E-state index in [1.165, 1.54) is 11.1 Å². The van der Waals surface area contributed by atoms with Gasteiger partial charge in [-0.05, 0) is 35.5 Å². The quantitative estimate of drug-likeness (QED) is 0.379. The normalized spacial score (nSPS) is 14.1. The SMILES string of the molecule is COCCOc1ccccc1C(=O)NC(=S)N1CCN(C(c2ccccc2)c2ccccc2)CC1. The molecule has 1 amide bonds. The van der Waals surface area contributed by atoms with Crippen molar-refractivity contribution in [3.63, 3.8) is 0 Å². The fourth-order valence-corrected chi connectivity index (χ4v) is 4.60. The molecule has 0 unspecified atom stereocenters. The molecule has 3 aromatic rings. The van der Waals surface area contributed by atoms with E-state index in [0.717, 1.165) is 26.2 Å². The lowest BCUT2D eigenvalue weighted by Gasteiger charge is -2.40. The molecule has 0 aromatic heterocycles. The number of rotatable bonds is 8. The summed E-state index contributed by atoms with van der Waals surface area (Å²) in [5, 5.41) is 3.33. The topological polar surface area (TPSA) is 54.0 Å². The highest BCUT2D eigenvalue weighted by Crippen LogP contribution is 2.29. The molecule has 0 bridgehead atoms. The van der Waals surface area contributed by atoms with Gasteiger partial charge in [0.05, 0.1) is 18.2 Å². The first kappa shape index (κ1) is 24.9. The number of benzene rings is 3. The van der Waals surface area contributed by atoms with Gasteiger partial charge in [-0.2, -0.15) is 0 Å². The minimum atomic E-state index is -0.267. The molecule has 1 heterocycles. The Morgan fingerprint density at radius 2 is 1.43 bits per heavy atom. The number of carbonyl (C=O) groups is 1. The summed E-state index contributed by atoms with van der Waals surface area (Å²) in [6, 6.07) is 28.5. The zero-order valence-electron chi connectivity index (χ0n) is 19.9. The lowest BCUT2D eigenvalue weighted by molar-refractivity contribution is 0.0959. The van der Waals surface area contributed by atoms with Crippen molar-refractivity contribution in [2.45, 2.75) is 6.04 Å². The third kappa shape index (κ3) is 6.45. The first-order valence-corrected chi connectivity index (χ1v) is 12.2. The van der Waals surface area contributed by atoms with Gasteiger partial charge >= 0.3 is 0 Å². The molecular weight excluding hydrogens is 458 g/mol. The Kier molecular flexibility index (Phi) is 8.84. The van der Waals surface area contributed by atoms with E-state index in [4.69, 9.17) is 21.7 Å². The lowest BCUT2D eigenvalue weighted by Crippen LogP contribution is -2.53. The largest absolute Gasteiger partial charge is 0.490 e. The monoisotopic (exact) mass is 489 g/mol. The average Bonchev–Trinajstić information content (AvgIpc) is 2.91. The van der Waals surface area contributed by atoms with Gasteiger partial charge in [0.1, 0.15) is 12.4 Å². The lowest BCUT2D eigenvalue weighted by atomic mass is 9.96. The van der Waals surface area contributed by atoms with Crippen molar-refractivity contribution in [3.8, 4) is 5.75 Å². The van der Waals surface area contributed by atoms with Crippen LogP contribution in [0.4, 0.5) is 0 Å². The van der Waals surface area contributed by atoms with E-state index in [1.807, 2.05) is 24.3 Å². The molecule has 6 nitrogen and oxygen atoms in total. The van der Waals surface area contributed by atoms with Crippen molar-refractivity contribution < 1.29 is 14.3 Å². The minimum absolute atomic E-state index is 0.179. The molecule has 1 N–H and O–H groups in total. The number of ether oxygens (including phenoxy) is 2. The van der Waals surface area contributed by atoms with Gasteiger partial charge in [-0.25, -0.2) is 0 Å². The molecule has 1 saturated heterocycles. The van der Waals surface area contributed by atoms with Crippen molar-refractivity contribution in [3.05, 3.63) is 102 Å². The van der Waals surface area contributed by atoms with Gasteiger partial charge < -0.3 is 14.4 Å². The summed E-state index contributed by atoms with van der Waals surface area (Å²) in [5.41, 5.74) is 3.00. The highest BCUT2D eigenvalue weighted by molar-refractivity contribution is 7.80. The number of hydrogen-bond acceptors (Lipinski definition) is 5. The average molecular weight is 490 g/mol. The highest BCUT2D eigenvalue weighted by atomic mass is 32.1. The second kappa shape index (κ2) is 12.4. The fourth-order valence-electron chi connectivity index (χ4n) is 4.33. The fraction of sp³-hybridized carbons (Fsp3) is 0.286. The molecule has 0 aliphatic carbocycles. The molecule has 0 atom stereocenters. The van der Waals surface area contributed by atoms with Gasteiger partial charge in [0.15, 0.2) is 5.11 Å². The number of nitrogens with one attached hydrogen (secondary N) is 1. The zero-order chi connectivity index (χ0) is 24.5. The molecule has 7 heteroatoms. The standard InChI is InChI=1S/C28H31N3O3S/c1-33-20-21-34-25-15-9-8-14-24(25)27(32)29-28(35)31-18-16-30(17-19-31)26(22-10-4-2-5-11-22)23-12-6-3-7-13-23/h2-15,26H,16-21H2,1H3,(H,29,32,35). The summed E-state index contributed by atoms with van der Waals surface area (Å²) >= 11 is 5.61. The van der Waals surface area contributed by atoms with Crippen LogP contribution in [-0.2, 0) is 4.74 Å². The summed E-state index contributed by atoms with van der Waals surface area (Å²) < 4.78 is 10.7. The Morgan fingerprint density at radius 1 is 0.857 bits per heavy atom. The van der Waals surface area contributed by atoms with Crippen LogP contribution >= 0.6 is 12.2 Å². The Balaban J connectivity index is 1.39. The Bertz CT molecular complexity index is 1060. The number of amides is 1. The predicted molar refractivity (Wildman–Crippen MR) is 142 cm³/mol. The number of hydrogen-bond donors (Lipinski definition) is 1. The molecule has 35 heavy (non-hydrogen) atoms. The maximum atomic E-state index is 12.9. The molecule has 3 aromatic carbocycles. The highest BCUT2D eigenvalue weighted by Gasteiger charge is 2.28. The van der Waals surface area contributed by atoms with Crippen LogP contribution in [0.25, 0.3) is 0 Å². The van der Waals surface area contributed by atoms with Crippen LogP contribution in [0.15, 0.2) is 84.9 Å². The third-order valence-corrected chi connectivity index (χ3v) is 6.45. The number of piperazine rings is 1. The molecule has 0 spiro atoms. The third-order valence-electron chi connectivity index (χ3n) is 6.09. The molecule has 1 aliphatic heterocycles. The molecule has 4 rings (SSSR count). The van der Waals surface area contributed by atoms with Crippen molar-refractivity contribution in [2.75, 3.05) is 46.5 Å². The minimum Gasteiger partial charge on any atom is -0.490 e. The van der Waals surface area contributed by atoms with Crippen LogP contribution in [0.5, 0.6) is 5.75 Å². The van der Waals surface area contributed by atoms with E-state index in [-0.39, 0.29) is 11.9 Å². The maximum Gasteiger partial charge on any atom is 0.261 e. The second-order valence-electron chi connectivity index (χ2n) is 8.34. The molecule has 1 fully saturated rings. The molecule has 1 aliphatic rings. The van der Waals surface area contributed by atoms with Crippen LogP contribution in [0.3, 0.4) is 0 Å². The van der Waals surface area contributed by atoms with Gasteiger partial charge in [-0.3, -0.25) is 15.0 Å². The summed E-state index contributed by atoms with van der Waals surface area (Å²) in [4.78, 5) is 17.5. The first-order chi connectivity index (χ1) is 17.2. The van der Waals surface area contributed by atoms with Crippen LogP contribution in [0, 0.1) is 0 Å². The number of carbonyl (C=O) groups excluding carboxylic acids is 1. The molecule has 0 saturated carbocycles. The van der Waals surface area contributed by atoms with Gasteiger partial charge in [0, 0.05) is 33.3 Å². The molecular formula is C28H31N3O3S. The van der Waals surface area contributed by atoms with Crippen LogP contribution in [0.1, 0.15) is 27.5 Å². The second-order valence-corrected chi connectivity index (χ2v) is 8.73. The van der Waals surface area contributed by atoms with E-state index in [0.29, 0.717) is 29.6 Å². The number of thiocarbonyl (C=S) groups is 1. The number of methoxy groups -OCH3 is 1. The van der Waals surface area contributed by atoms with Gasteiger partial charge in [-0.1, -0.05) is 72.8 Å². The number of nitrogens with zero attached hydrogens (tertiary/aromatic N) is 2. The van der Waals surface area contributed by atoms with E-state index in [9.17, 15) is 4.79 Å². The Morgan fingerprint density at radius 3 is 2.03 bits per heavy atom. The summed E-state index contributed by atoms with van der Waals surface area (Å²) in [6.07, 6.45) is 0. The van der Waals surface area contributed by atoms with Crippen molar-refractivity contribution >= 4 is 23.2 Å². The van der Waals surface area contributed by atoms with E-state index in [2.05, 4.69) is 63.6 Å². The van der Waals surface area contributed by atoms with Crippen LogP contribution in [0.2, 0.25) is 0 Å². The van der Waals surface area contributed by atoms with Crippen LogP contribution in [-0.4, -0.2) is 67.3 Å². The smallest absolute Gasteiger partial charge is 0.261 e. The maximum absolute atomic E-state index is 12.9. The van der Waals surface area contributed by atoms with E-state index >= 15 is 0 Å². The van der Waals surface area contributed by atoms with E-state index < -0.39 is 0 Å². The summed E-state index contributed by atoms with van der Waals surface area (Å²) in [6.45, 7) is 3.97. The van der Waals surface area contributed by atoms with Crippen molar-refractivity contribution in [1.29, 1.82) is 0 Å². The van der Waals surface area contributed by atoms with Gasteiger partial charge in [0.25, 0.3) is 5.91 Å². The number of para-hydroxylation sites is 1. The molecule has 0 radical (unpaired) electrons. The van der Waals surface area contributed by atoms with E-state index in [1.54, 1.807) is 19.2 Å². The summed E-state index contributed by atoms with van der Waals surface area (Å²) in [5.74, 6) is 0.250. The predicted octanol–water partition coefficient (Wildman–Crippen LogP) is 4.13. The van der Waals surface area contributed by atoms with Crippen LogP contribution < -0.4 is 10.1 Å². The summed E-state index contributed by atoms with van der Waals surface area (Å²) in [7, 11) is 1.61. The molecule has 182 valence electrons. The first-order valence-electron chi connectivity index (χ1n) is 11.8. The van der Waals surface area contributed by atoms with Gasteiger partial charge in [0.2, 0.25) is 0 Å². The van der Waals surface area contributed by atoms with Crippen molar-refractivity contribution in [2.24, 2.45) is 0 Å². The van der Waals surface area contributed by atoms with Crippen molar-refractivity contribution in [1.82, 2.24) is 15.1 Å². The van der Waals surface area contributed by atoms with Gasteiger partial charge in [-0.15, -0.1) is 0 Å². The zero-order valence-corrected chi connectivity index (χ0v) is 20.7.